The molecule has 1 radical (unpaired) electrons. The molecule has 0 aromatic rings. The second-order valence-corrected chi connectivity index (χ2v) is 2.39. The third-order valence-corrected chi connectivity index (χ3v) is 1.23. The van der Waals surface area contributed by atoms with Gasteiger partial charge in [-0.2, -0.15) is 0 Å². The zero-order valence-corrected chi connectivity index (χ0v) is 6.26. The molecule has 0 aliphatic heterocycles. The zero-order valence-electron chi connectivity index (χ0n) is 6.26. The van der Waals surface area contributed by atoms with E-state index in [0.29, 0.717) is 5.92 Å². The van der Waals surface area contributed by atoms with Crippen LogP contribution in [0.2, 0.25) is 0 Å². The van der Waals surface area contributed by atoms with E-state index < -0.39 is 0 Å². The van der Waals surface area contributed by atoms with Crippen LogP contribution in [-0.4, -0.2) is 6.61 Å². The predicted molar refractivity (Wildman–Crippen MR) is 38.8 cm³/mol. The second kappa shape index (κ2) is 5.83. The lowest BCUT2D eigenvalue weighted by molar-refractivity contribution is 0.152. The van der Waals surface area contributed by atoms with Crippen LogP contribution in [0.5, 0.6) is 0 Å². The SMILES string of the molecule is CC/C=C/CC(C)C[O]. The van der Waals surface area contributed by atoms with Crippen LogP contribution in [0.4, 0.5) is 0 Å². The number of rotatable bonds is 4. The highest BCUT2D eigenvalue weighted by Gasteiger charge is 1.94. The Morgan fingerprint density at radius 1 is 1.44 bits per heavy atom. The van der Waals surface area contributed by atoms with Gasteiger partial charge in [-0.25, -0.2) is 5.11 Å². The van der Waals surface area contributed by atoms with Crippen molar-refractivity contribution in [3.63, 3.8) is 0 Å². The fraction of sp³-hybridized carbons (Fsp3) is 0.750. The lowest BCUT2D eigenvalue weighted by atomic mass is 10.1. The van der Waals surface area contributed by atoms with Gasteiger partial charge in [0.25, 0.3) is 0 Å². The third-order valence-electron chi connectivity index (χ3n) is 1.23. The summed E-state index contributed by atoms with van der Waals surface area (Å²) in [7, 11) is 0. The summed E-state index contributed by atoms with van der Waals surface area (Å²) in [6, 6.07) is 0. The molecule has 0 amide bonds. The van der Waals surface area contributed by atoms with E-state index in [1.165, 1.54) is 0 Å². The van der Waals surface area contributed by atoms with Crippen molar-refractivity contribution < 1.29 is 5.11 Å². The van der Waals surface area contributed by atoms with E-state index in [1.54, 1.807) is 0 Å². The average molecular weight is 127 g/mol. The summed E-state index contributed by atoms with van der Waals surface area (Å²) in [5, 5.41) is 10.2. The van der Waals surface area contributed by atoms with Crippen molar-refractivity contribution in [1.29, 1.82) is 0 Å². The van der Waals surface area contributed by atoms with Crippen LogP contribution in [0.1, 0.15) is 26.7 Å². The molecular formula is C8H15O. The quantitative estimate of drug-likeness (QED) is 0.517. The van der Waals surface area contributed by atoms with E-state index in [0.717, 1.165) is 12.8 Å². The summed E-state index contributed by atoms with van der Waals surface area (Å²) in [5.74, 6) is 0.313. The summed E-state index contributed by atoms with van der Waals surface area (Å²) in [6.45, 7) is 4.12. The largest absolute Gasteiger partial charge is 0.236 e. The molecular weight excluding hydrogens is 112 g/mol. The molecule has 1 atom stereocenters. The van der Waals surface area contributed by atoms with Crippen LogP contribution in [0, 0.1) is 5.92 Å². The Hall–Kier alpha value is -0.300. The highest BCUT2D eigenvalue weighted by Crippen LogP contribution is 2.00. The first-order chi connectivity index (χ1) is 4.31. The molecule has 0 heterocycles. The standard InChI is InChI=1S/C8H15O/c1-3-4-5-6-8(2)7-9/h4-5,8H,3,6-7H2,1-2H3/b5-4+. The van der Waals surface area contributed by atoms with Gasteiger partial charge in [0.1, 0.15) is 0 Å². The molecule has 0 spiro atoms. The fourth-order valence-corrected chi connectivity index (χ4v) is 0.563. The van der Waals surface area contributed by atoms with E-state index in [9.17, 15) is 5.11 Å². The monoisotopic (exact) mass is 127 g/mol. The van der Waals surface area contributed by atoms with Gasteiger partial charge in [-0.1, -0.05) is 26.0 Å². The summed E-state index contributed by atoms with van der Waals surface area (Å²) in [4.78, 5) is 0. The molecule has 0 aliphatic carbocycles. The number of hydrogen-bond acceptors (Lipinski definition) is 0. The lowest BCUT2D eigenvalue weighted by Gasteiger charge is -1.98. The van der Waals surface area contributed by atoms with Crippen LogP contribution >= 0.6 is 0 Å². The first-order valence-electron chi connectivity index (χ1n) is 3.54. The second-order valence-electron chi connectivity index (χ2n) is 2.39. The molecule has 0 aromatic carbocycles. The Balaban J connectivity index is 3.15. The van der Waals surface area contributed by atoms with Gasteiger partial charge < -0.3 is 0 Å². The Bertz CT molecular complexity index is 76.6. The van der Waals surface area contributed by atoms with E-state index >= 15 is 0 Å². The molecule has 1 heteroatoms. The van der Waals surface area contributed by atoms with Gasteiger partial charge in [-0.3, -0.25) is 0 Å². The summed E-state index contributed by atoms with van der Waals surface area (Å²) >= 11 is 0. The van der Waals surface area contributed by atoms with Crippen molar-refractivity contribution in [2.24, 2.45) is 5.92 Å². The topological polar surface area (TPSA) is 19.9 Å². The molecule has 0 fully saturated rings. The Labute approximate surface area is 57.4 Å². The van der Waals surface area contributed by atoms with Gasteiger partial charge >= 0.3 is 0 Å². The highest BCUT2D eigenvalue weighted by molar-refractivity contribution is 4.81. The van der Waals surface area contributed by atoms with E-state index in [-0.39, 0.29) is 6.61 Å². The van der Waals surface area contributed by atoms with Crippen molar-refractivity contribution in [2.75, 3.05) is 6.61 Å². The van der Waals surface area contributed by atoms with Crippen molar-refractivity contribution in [3.8, 4) is 0 Å². The Morgan fingerprint density at radius 3 is 2.56 bits per heavy atom. The van der Waals surface area contributed by atoms with Crippen LogP contribution in [0.3, 0.4) is 0 Å². The maximum Gasteiger partial charge on any atom is 0.0850 e. The average Bonchev–Trinajstić information content (AvgIpc) is 1.89. The minimum absolute atomic E-state index is 0.0497. The maximum atomic E-state index is 10.2. The van der Waals surface area contributed by atoms with E-state index in [1.807, 2.05) is 6.92 Å². The van der Waals surface area contributed by atoms with Crippen LogP contribution in [-0.2, 0) is 5.11 Å². The number of allylic oxidation sites excluding steroid dienone is 2. The summed E-state index contributed by atoms with van der Waals surface area (Å²) < 4.78 is 0. The molecule has 0 bridgehead atoms. The predicted octanol–water partition coefficient (Wildman–Crippen LogP) is 2.41. The minimum atomic E-state index is 0.0497. The van der Waals surface area contributed by atoms with Gasteiger partial charge in [0.05, 0.1) is 6.61 Å². The Kier molecular flexibility index (Phi) is 5.64. The highest BCUT2D eigenvalue weighted by atomic mass is 16.3. The van der Waals surface area contributed by atoms with Gasteiger partial charge in [0, 0.05) is 0 Å². The molecule has 0 N–H and O–H groups in total. The van der Waals surface area contributed by atoms with Gasteiger partial charge in [0.15, 0.2) is 0 Å². The molecule has 1 nitrogen and oxygen atoms in total. The van der Waals surface area contributed by atoms with E-state index in [2.05, 4.69) is 19.1 Å². The fourth-order valence-electron chi connectivity index (χ4n) is 0.563. The Morgan fingerprint density at radius 2 is 2.11 bits per heavy atom. The molecule has 0 aliphatic rings. The van der Waals surface area contributed by atoms with Gasteiger partial charge in [-0.15, -0.1) is 0 Å². The van der Waals surface area contributed by atoms with E-state index in [4.69, 9.17) is 0 Å². The molecule has 0 saturated heterocycles. The van der Waals surface area contributed by atoms with Crippen molar-refractivity contribution in [3.05, 3.63) is 12.2 Å². The van der Waals surface area contributed by atoms with Crippen molar-refractivity contribution in [1.82, 2.24) is 0 Å². The lowest BCUT2D eigenvalue weighted by Crippen LogP contribution is -1.95. The molecule has 0 aromatic heterocycles. The minimum Gasteiger partial charge on any atom is -0.236 e. The van der Waals surface area contributed by atoms with Crippen molar-refractivity contribution >= 4 is 0 Å². The molecule has 0 saturated carbocycles. The van der Waals surface area contributed by atoms with Crippen LogP contribution < -0.4 is 0 Å². The zero-order chi connectivity index (χ0) is 7.11. The van der Waals surface area contributed by atoms with Gasteiger partial charge in [-0.05, 0) is 18.8 Å². The van der Waals surface area contributed by atoms with Crippen LogP contribution in [0.15, 0.2) is 12.2 Å². The maximum absolute atomic E-state index is 10.2. The molecule has 9 heavy (non-hydrogen) atoms. The molecule has 1 unspecified atom stereocenters. The third kappa shape index (κ3) is 5.57. The summed E-state index contributed by atoms with van der Waals surface area (Å²) in [5.41, 5.74) is 0. The first kappa shape index (κ1) is 8.70. The normalized spacial score (nSPS) is 14.6. The smallest absolute Gasteiger partial charge is 0.0850 e. The van der Waals surface area contributed by atoms with Gasteiger partial charge in [0.2, 0.25) is 0 Å². The summed E-state index contributed by atoms with van der Waals surface area (Å²) in [6.07, 6.45) is 6.21. The first-order valence-corrected chi connectivity index (χ1v) is 3.54. The van der Waals surface area contributed by atoms with Crippen molar-refractivity contribution in [2.45, 2.75) is 26.7 Å². The number of hydrogen-bond donors (Lipinski definition) is 0. The molecule has 0 rings (SSSR count). The molecule has 53 valence electrons. The van der Waals surface area contributed by atoms with Crippen LogP contribution in [0.25, 0.3) is 0 Å².